The third-order valence-electron chi connectivity index (χ3n) is 11.0. The molecule has 8 atom stereocenters. The molecule has 0 amide bonds. The van der Waals surface area contributed by atoms with Crippen LogP contribution < -0.4 is 0 Å². The van der Waals surface area contributed by atoms with E-state index in [1.165, 1.54) is 11.1 Å². The second-order valence-corrected chi connectivity index (χ2v) is 14.8. The molecule has 4 rings (SSSR count). The Labute approximate surface area is 301 Å². The highest BCUT2D eigenvalue weighted by molar-refractivity contribution is 5.69. The van der Waals surface area contributed by atoms with Crippen LogP contribution in [0.4, 0.5) is 0 Å². The number of ether oxygens (including phenoxy) is 2. The molecule has 0 saturated heterocycles. The summed E-state index contributed by atoms with van der Waals surface area (Å²) < 4.78 is 11.6. The van der Waals surface area contributed by atoms with Gasteiger partial charge in [-0.25, -0.2) is 0 Å². The van der Waals surface area contributed by atoms with Crippen molar-refractivity contribution in [2.75, 3.05) is 13.2 Å². The Morgan fingerprint density at radius 1 is 0.700 bits per heavy atom. The zero-order valence-corrected chi connectivity index (χ0v) is 30.2. The van der Waals surface area contributed by atoms with Gasteiger partial charge in [-0.2, -0.15) is 0 Å². The van der Waals surface area contributed by atoms with E-state index in [1.54, 1.807) is 0 Å². The summed E-state index contributed by atoms with van der Waals surface area (Å²) in [7, 11) is 0. The summed E-state index contributed by atoms with van der Waals surface area (Å²) in [6.45, 7) is 0.981. The first kappa shape index (κ1) is 40.2. The molecule has 0 aromatic heterocycles. The summed E-state index contributed by atoms with van der Waals surface area (Å²) in [5.41, 5.74) is 2.48. The van der Waals surface area contributed by atoms with E-state index < -0.39 is 0 Å². The fourth-order valence-electron chi connectivity index (χ4n) is 7.91. The molecule has 278 valence electrons. The molecule has 0 bridgehead atoms. The smallest absolute Gasteiger partial charge is 0.305 e. The predicted octanol–water partition coefficient (Wildman–Crippen LogP) is 7.52. The number of esters is 1. The molecule has 4 N–H and O–H groups in total. The van der Waals surface area contributed by atoms with E-state index in [1.807, 2.05) is 36.4 Å². The summed E-state index contributed by atoms with van der Waals surface area (Å²) >= 11 is 0. The minimum Gasteiger partial charge on any atom is -0.466 e. The van der Waals surface area contributed by atoms with Gasteiger partial charge < -0.3 is 29.9 Å². The number of carbonyl (C=O) groups is 1. The van der Waals surface area contributed by atoms with Gasteiger partial charge in [-0.15, -0.1) is 0 Å². The van der Waals surface area contributed by atoms with Crippen molar-refractivity contribution < 1.29 is 34.7 Å². The van der Waals surface area contributed by atoms with Gasteiger partial charge in [0.15, 0.2) is 0 Å². The second kappa shape index (κ2) is 23.1. The minimum absolute atomic E-state index is 0.0228. The van der Waals surface area contributed by atoms with Crippen LogP contribution in [0.5, 0.6) is 0 Å². The van der Waals surface area contributed by atoms with E-state index in [0.29, 0.717) is 32.0 Å². The maximum absolute atomic E-state index is 12.2. The van der Waals surface area contributed by atoms with Crippen molar-refractivity contribution in [3.05, 3.63) is 83.9 Å². The SMILES string of the molecule is O=C(CCC/C=C\C[C@H]1CC[C@@H](O)[C@@H]1CC[C@@H](O)CCc1ccccc1)OCCCCOC1CC[C@@H](O)[C@@H]1CC[C@@H](O)CCc1ccccc1. The van der Waals surface area contributed by atoms with Gasteiger partial charge >= 0.3 is 5.97 Å². The van der Waals surface area contributed by atoms with Crippen LogP contribution in [0.15, 0.2) is 72.8 Å². The van der Waals surface area contributed by atoms with Gasteiger partial charge in [-0.1, -0.05) is 72.8 Å². The van der Waals surface area contributed by atoms with Crippen molar-refractivity contribution in [1.29, 1.82) is 0 Å². The fraction of sp³-hybridized carbons (Fsp3) is 0.651. The average molecular weight is 693 g/mol. The number of hydrogen-bond acceptors (Lipinski definition) is 7. The Morgan fingerprint density at radius 2 is 1.28 bits per heavy atom. The van der Waals surface area contributed by atoms with E-state index >= 15 is 0 Å². The highest BCUT2D eigenvalue weighted by Crippen LogP contribution is 2.38. The van der Waals surface area contributed by atoms with E-state index in [4.69, 9.17) is 9.47 Å². The lowest BCUT2D eigenvalue weighted by atomic mass is 9.86. The van der Waals surface area contributed by atoms with Crippen LogP contribution in [-0.2, 0) is 27.1 Å². The van der Waals surface area contributed by atoms with Crippen molar-refractivity contribution in [2.24, 2.45) is 17.8 Å². The number of benzene rings is 2. The molecule has 2 aromatic carbocycles. The maximum Gasteiger partial charge on any atom is 0.305 e. The standard InChI is InChI=1S/C43H64O7/c44-36(22-19-33-13-5-3-6-14-33)24-26-38-35(21-28-40(38)46)17-9-1-2-10-18-43(48)50-32-12-11-31-49-42-30-29-41(47)39(42)27-25-37(45)23-20-34-15-7-4-8-16-34/h1,3-9,13-16,35-42,44-47H,2,10-12,17-32H2/b9-1-/t35-,36-,37-,38+,39-,40+,41+,42?/m0/s1. The number of rotatable bonds is 24. The largest absolute Gasteiger partial charge is 0.466 e. The highest BCUT2D eigenvalue weighted by Gasteiger charge is 2.36. The van der Waals surface area contributed by atoms with Gasteiger partial charge in [-0.05, 0) is 132 Å². The van der Waals surface area contributed by atoms with Gasteiger partial charge in [0.1, 0.15) is 0 Å². The molecule has 0 aliphatic heterocycles. The normalized spacial score (nSPS) is 24.9. The van der Waals surface area contributed by atoms with E-state index in [-0.39, 0.29) is 48.3 Å². The first-order chi connectivity index (χ1) is 24.4. The van der Waals surface area contributed by atoms with Crippen LogP contribution in [0.3, 0.4) is 0 Å². The first-order valence-corrected chi connectivity index (χ1v) is 19.6. The summed E-state index contributed by atoms with van der Waals surface area (Å²) in [4.78, 5) is 12.2. The third kappa shape index (κ3) is 15.0. The summed E-state index contributed by atoms with van der Waals surface area (Å²) in [6, 6.07) is 20.5. The van der Waals surface area contributed by atoms with Crippen LogP contribution in [0.2, 0.25) is 0 Å². The fourth-order valence-corrected chi connectivity index (χ4v) is 7.91. The molecule has 2 fully saturated rings. The Hall–Kier alpha value is -2.55. The number of aliphatic hydroxyl groups is 4. The predicted molar refractivity (Wildman–Crippen MR) is 199 cm³/mol. The number of carbonyl (C=O) groups excluding carboxylic acids is 1. The zero-order chi connectivity index (χ0) is 35.4. The Balaban J connectivity index is 0.985. The van der Waals surface area contributed by atoms with Crippen molar-refractivity contribution >= 4 is 5.97 Å². The quantitative estimate of drug-likeness (QED) is 0.0511. The lowest BCUT2D eigenvalue weighted by molar-refractivity contribution is -0.144. The number of aryl methyl sites for hydroxylation is 2. The number of allylic oxidation sites excluding steroid dienone is 2. The third-order valence-corrected chi connectivity index (χ3v) is 11.0. The Morgan fingerprint density at radius 3 is 1.94 bits per heavy atom. The topological polar surface area (TPSA) is 116 Å². The molecule has 2 aliphatic rings. The second-order valence-electron chi connectivity index (χ2n) is 14.8. The van der Waals surface area contributed by atoms with E-state index in [9.17, 15) is 25.2 Å². The number of hydrogen-bond donors (Lipinski definition) is 4. The number of unbranched alkanes of at least 4 members (excludes halogenated alkanes) is 2. The van der Waals surface area contributed by atoms with Gasteiger partial charge in [0.25, 0.3) is 0 Å². The van der Waals surface area contributed by atoms with Crippen LogP contribution in [-0.4, -0.2) is 70.1 Å². The van der Waals surface area contributed by atoms with Gasteiger partial charge in [0, 0.05) is 18.9 Å². The molecular formula is C43H64O7. The first-order valence-electron chi connectivity index (χ1n) is 19.6. The molecule has 50 heavy (non-hydrogen) atoms. The molecule has 2 aromatic rings. The molecule has 7 heteroatoms. The van der Waals surface area contributed by atoms with Crippen molar-refractivity contribution in [2.45, 2.75) is 146 Å². The molecule has 7 nitrogen and oxygen atoms in total. The molecule has 2 aliphatic carbocycles. The van der Waals surface area contributed by atoms with Crippen LogP contribution in [0, 0.1) is 17.8 Å². The van der Waals surface area contributed by atoms with E-state index in [0.717, 1.165) is 103 Å². The average Bonchev–Trinajstić information content (AvgIpc) is 3.67. The molecular weight excluding hydrogens is 628 g/mol. The van der Waals surface area contributed by atoms with Crippen molar-refractivity contribution in [3.8, 4) is 0 Å². The zero-order valence-electron chi connectivity index (χ0n) is 30.2. The molecule has 0 radical (unpaired) electrons. The molecule has 0 heterocycles. The Bertz CT molecular complexity index is 1200. The van der Waals surface area contributed by atoms with Crippen molar-refractivity contribution in [1.82, 2.24) is 0 Å². The van der Waals surface area contributed by atoms with Gasteiger partial charge in [0.2, 0.25) is 0 Å². The summed E-state index contributed by atoms with van der Waals surface area (Å²) in [6.07, 6.45) is 17.2. The lowest BCUT2D eigenvalue weighted by Gasteiger charge is -2.23. The number of aliphatic hydroxyl groups excluding tert-OH is 4. The molecule has 1 unspecified atom stereocenters. The van der Waals surface area contributed by atoms with Crippen molar-refractivity contribution in [3.63, 3.8) is 0 Å². The summed E-state index contributed by atoms with van der Waals surface area (Å²) in [5, 5.41) is 42.1. The maximum atomic E-state index is 12.2. The van der Waals surface area contributed by atoms with Crippen LogP contribution >= 0.6 is 0 Å². The highest BCUT2D eigenvalue weighted by atomic mass is 16.5. The molecule has 2 saturated carbocycles. The van der Waals surface area contributed by atoms with E-state index in [2.05, 4.69) is 36.4 Å². The monoisotopic (exact) mass is 692 g/mol. The van der Waals surface area contributed by atoms with Crippen LogP contribution in [0.25, 0.3) is 0 Å². The molecule has 0 spiro atoms. The summed E-state index contributed by atoms with van der Waals surface area (Å²) in [5.74, 6) is 0.596. The lowest BCUT2D eigenvalue weighted by Crippen LogP contribution is -2.27. The van der Waals surface area contributed by atoms with Crippen LogP contribution in [0.1, 0.15) is 114 Å². The van der Waals surface area contributed by atoms with Gasteiger partial charge in [-0.3, -0.25) is 4.79 Å². The Kier molecular flexibility index (Phi) is 18.6. The minimum atomic E-state index is -0.374. The van der Waals surface area contributed by atoms with Gasteiger partial charge in [0.05, 0.1) is 37.1 Å².